The Balaban J connectivity index is 1.61. The highest BCUT2D eigenvalue weighted by atomic mass is 16.6. The predicted molar refractivity (Wildman–Crippen MR) is 112 cm³/mol. The minimum absolute atomic E-state index is 0.101. The number of Topliss-reactive ketones (excluding diaryl/α,β-unsaturated/α-hetero) is 2. The minimum Gasteiger partial charge on any atom is -0.442 e. The van der Waals surface area contributed by atoms with E-state index in [1.165, 1.54) is 18.0 Å². The van der Waals surface area contributed by atoms with E-state index in [4.69, 9.17) is 4.74 Å². The molecular formula is C23H23N3O5. The van der Waals surface area contributed by atoms with Gasteiger partial charge < -0.3 is 10.1 Å². The van der Waals surface area contributed by atoms with Crippen molar-refractivity contribution in [3.05, 3.63) is 59.4 Å². The van der Waals surface area contributed by atoms with E-state index in [0.29, 0.717) is 42.6 Å². The minimum atomic E-state index is -0.867. The van der Waals surface area contributed by atoms with E-state index >= 15 is 0 Å². The molecule has 2 amide bonds. The molecular weight excluding hydrogens is 398 g/mol. The number of nitrogens with one attached hydrogen (secondary N) is 1. The fourth-order valence-electron chi connectivity index (χ4n) is 4.09. The number of aromatic nitrogens is 1. The van der Waals surface area contributed by atoms with Gasteiger partial charge in [0.2, 0.25) is 5.91 Å². The van der Waals surface area contributed by atoms with Gasteiger partial charge in [-0.05, 0) is 48.2 Å². The Bertz CT molecular complexity index is 1040. The van der Waals surface area contributed by atoms with Crippen molar-refractivity contribution in [2.45, 2.75) is 38.2 Å². The van der Waals surface area contributed by atoms with Crippen LogP contribution < -0.4 is 10.2 Å². The normalized spacial score (nSPS) is 20.6. The molecule has 0 saturated carbocycles. The Morgan fingerprint density at radius 1 is 1.23 bits per heavy atom. The molecule has 2 aliphatic rings. The summed E-state index contributed by atoms with van der Waals surface area (Å²) in [6.07, 6.45) is 3.75. The van der Waals surface area contributed by atoms with Gasteiger partial charge >= 0.3 is 6.09 Å². The smallest absolute Gasteiger partial charge is 0.414 e. The van der Waals surface area contributed by atoms with Crippen LogP contribution in [0.15, 0.2) is 42.7 Å². The number of carbonyl (C=O) groups is 4. The van der Waals surface area contributed by atoms with Crippen LogP contribution in [0.1, 0.15) is 47.2 Å². The summed E-state index contributed by atoms with van der Waals surface area (Å²) in [5, 5.41) is 2.65. The number of rotatable bonds is 5. The van der Waals surface area contributed by atoms with Crippen molar-refractivity contribution in [2.24, 2.45) is 0 Å². The standard InChI is InChI=1S/C23H23N3O5/c1-14(27)25-12-18-13-26(23(30)31-18)17-7-8-19-15(10-17)4-2-6-20(28)21(19)22(29)16-5-3-9-24-11-16/h3,5,7-11,18,21H,2,4,6,12-13H2,1H3,(H,25,27)/t18-,21?/m0/s1. The number of aryl methyl sites for hydroxylation is 1. The van der Waals surface area contributed by atoms with Gasteiger partial charge in [-0.25, -0.2) is 4.79 Å². The number of amides is 2. The fraction of sp³-hybridized carbons (Fsp3) is 0.348. The summed E-state index contributed by atoms with van der Waals surface area (Å²) in [7, 11) is 0. The fourth-order valence-corrected chi connectivity index (χ4v) is 4.09. The maximum Gasteiger partial charge on any atom is 0.414 e. The van der Waals surface area contributed by atoms with Crippen molar-refractivity contribution < 1.29 is 23.9 Å². The summed E-state index contributed by atoms with van der Waals surface area (Å²) in [4.78, 5) is 54.9. The van der Waals surface area contributed by atoms with E-state index in [-0.39, 0.29) is 24.0 Å². The summed E-state index contributed by atoms with van der Waals surface area (Å²) < 4.78 is 5.34. The molecule has 0 radical (unpaired) electrons. The maximum atomic E-state index is 13.1. The van der Waals surface area contributed by atoms with Gasteiger partial charge in [-0.15, -0.1) is 0 Å². The number of pyridine rings is 1. The van der Waals surface area contributed by atoms with E-state index in [1.54, 1.807) is 30.5 Å². The van der Waals surface area contributed by atoms with Crippen molar-refractivity contribution in [2.75, 3.05) is 18.0 Å². The van der Waals surface area contributed by atoms with E-state index < -0.39 is 18.1 Å². The van der Waals surface area contributed by atoms with Crippen molar-refractivity contribution in [3.63, 3.8) is 0 Å². The van der Waals surface area contributed by atoms with Crippen LogP contribution in [0.2, 0.25) is 0 Å². The number of fused-ring (bicyclic) bond motifs is 1. The summed E-state index contributed by atoms with van der Waals surface area (Å²) >= 11 is 0. The Morgan fingerprint density at radius 2 is 2.06 bits per heavy atom. The molecule has 4 rings (SSSR count). The molecule has 0 spiro atoms. The molecule has 31 heavy (non-hydrogen) atoms. The zero-order valence-electron chi connectivity index (χ0n) is 17.2. The monoisotopic (exact) mass is 421 g/mol. The number of cyclic esters (lactones) is 1. The van der Waals surface area contributed by atoms with E-state index in [9.17, 15) is 19.2 Å². The molecule has 2 atom stereocenters. The second-order valence-corrected chi connectivity index (χ2v) is 7.80. The average molecular weight is 421 g/mol. The lowest BCUT2D eigenvalue weighted by Crippen LogP contribution is -2.33. The lowest BCUT2D eigenvalue weighted by molar-refractivity contribution is -0.120. The molecule has 0 bridgehead atoms. The highest BCUT2D eigenvalue weighted by Gasteiger charge is 2.35. The van der Waals surface area contributed by atoms with Crippen LogP contribution in [0.3, 0.4) is 0 Å². The first-order valence-corrected chi connectivity index (χ1v) is 10.3. The summed E-state index contributed by atoms with van der Waals surface area (Å²) in [6.45, 7) is 1.97. The molecule has 8 heteroatoms. The van der Waals surface area contributed by atoms with E-state index in [2.05, 4.69) is 10.3 Å². The molecule has 1 N–H and O–H groups in total. The molecule has 1 aliphatic carbocycles. The van der Waals surface area contributed by atoms with Gasteiger partial charge in [-0.1, -0.05) is 6.07 Å². The number of hydrogen-bond donors (Lipinski definition) is 1. The Hall–Kier alpha value is -3.55. The first-order valence-electron chi connectivity index (χ1n) is 10.3. The molecule has 1 aliphatic heterocycles. The highest BCUT2D eigenvalue weighted by molar-refractivity contribution is 6.15. The van der Waals surface area contributed by atoms with E-state index in [0.717, 1.165) is 5.56 Å². The summed E-state index contributed by atoms with van der Waals surface area (Å²) in [5.41, 5.74) is 2.61. The Kier molecular flexibility index (Phi) is 5.79. The number of carbonyl (C=O) groups excluding carboxylic acids is 4. The van der Waals surface area contributed by atoms with Crippen molar-refractivity contribution in [1.82, 2.24) is 10.3 Å². The molecule has 1 aromatic carbocycles. The third kappa shape index (κ3) is 4.33. The van der Waals surface area contributed by atoms with E-state index in [1.807, 2.05) is 6.07 Å². The number of hydrogen-bond acceptors (Lipinski definition) is 6. The average Bonchev–Trinajstić information content (AvgIpc) is 3.05. The molecule has 1 aromatic heterocycles. The molecule has 1 unspecified atom stereocenters. The van der Waals surface area contributed by atoms with Gasteiger partial charge in [0.1, 0.15) is 17.8 Å². The first kappa shape index (κ1) is 20.7. The van der Waals surface area contributed by atoms with Crippen molar-refractivity contribution in [1.29, 1.82) is 0 Å². The van der Waals surface area contributed by atoms with Crippen LogP contribution >= 0.6 is 0 Å². The van der Waals surface area contributed by atoms with Crippen molar-refractivity contribution >= 4 is 29.3 Å². The second-order valence-electron chi connectivity index (χ2n) is 7.80. The molecule has 1 fully saturated rings. The Morgan fingerprint density at radius 3 is 2.81 bits per heavy atom. The highest BCUT2D eigenvalue weighted by Crippen LogP contribution is 2.34. The van der Waals surface area contributed by atoms with Gasteiger partial charge in [0, 0.05) is 37.0 Å². The van der Waals surface area contributed by atoms with Crippen LogP contribution in [0.4, 0.5) is 10.5 Å². The Labute approximate surface area is 179 Å². The van der Waals surface area contributed by atoms with Crippen LogP contribution in [-0.4, -0.2) is 47.7 Å². The first-order chi connectivity index (χ1) is 14.9. The van der Waals surface area contributed by atoms with Gasteiger partial charge in [-0.3, -0.25) is 24.3 Å². The zero-order valence-corrected chi connectivity index (χ0v) is 17.2. The molecule has 1 saturated heterocycles. The van der Waals surface area contributed by atoms with Crippen LogP contribution in [0, 0.1) is 0 Å². The number of anilines is 1. The van der Waals surface area contributed by atoms with Gasteiger partial charge in [0.25, 0.3) is 0 Å². The predicted octanol–water partition coefficient (Wildman–Crippen LogP) is 2.41. The third-order valence-electron chi connectivity index (χ3n) is 5.60. The summed E-state index contributed by atoms with van der Waals surface area (Å²) in [5.74, 6) is -1.41. The van der Waals surface area contributed by atoms with Crippen LogP contribution in [-0.2, 0) is 20.7 Å². The van der Waals surface area contributed by atoms with Crippen LogP contribution in [0.25, 0.3) is 0 Å². The largest absolute Gasteiger partial charge is 0.442 e. The van der Waals surface area contributed by atoms with Gasteiger partial charge in [-0.2, -0.15) is 0 Å². The third-order valence-corrected chi connectivity index (χ3v) is 5.60. The lowest BCUT2D eigenvalue weighted by atomic mass is 9.85. The number of benzene rings is 1. The molecule has 2 heterocycles. The van der Waals surface area contributed by atoms with Gasteiger partial charge in [0.15, 0.2) is 5.78 Å². The maximum absolute atomic E-state index is 13.1. The SMILES string of the molecule is CC(=O)NC[C@H]1CN(c2ccc3c(c2)CCCC(=O)C3C(=O)c2cccnc2)C(=O)O1. The van der Waals surface area contributed by atoms with Crippen molar-refractivity contribution in [3.8, 4) is 0 Å². The topological polar surface area (TPSA) is 106 Å². The van der Waals surface area contributed by atoms with Gasteiger partial charge in [0.05, 0.1) is 13.1 Å². The number of ketones is 2. The lowest BCUT2D eigenvalue weighted by Gasteiger charge is -2.19. The molecule has 160 valence electrons. The van der Waals surface area contributed by atoms with Crippen LogP contribution in [0.5, 0.6) is 0 Å². The summed E-state index contributed by atoms with van der Waals surface area (Å²) in [6, 6.07) is 8.70. The molecule has 8 nitrogen and oxygen atoms in total. The number of ether oxygens (including phenoxy) is 1. The number of nitrogens with zero attached hydrogens (tertiary/aromatic N) is 2. The zero-order chi connectivity index (χ0) is 22.0. The quantitative estimate of drug-likeness (QED) is 0.452. The second kappa shape index (κ2) is 8.67. The molecule has 2 aromatic rings.